The molecule has 0 rings (SSSR count). The van der Waals surface area contributed by atoms with Gasteiger partial charge in [0.2, 0.25) is 0 Å². The number of hydrogen-bond acceptors (Lipinski definition) is 1. The lowest BCUT2D eigenvalue weighted by Gasteiger charge is -1.90. The zero-order chi connectivity index (χ0) is 3.58. The van der Waals surface area contributed by atoms with Gasteiger partial charge >= 0.3 is 0 Å². The van der Waals surface area contributed by atoms with E-state index in [0.717, 1.165) is 0 Å². The summed E-state index contributed by atoms with van der Waals surface area (Å²) in [4.78, 5) is 2.00. The predicted octanol–water partition coefficient (Wildman–Crippen LogP) is -0.893. The van der Waals surface area contributed by atoms with Crippen molar-refractivity contribution in [1.82, 2.24) is 4.90 Å². The van der Waals surface area contributed by atoms with Crippen molar-refractivity contribution in [3.8, 4) is 0 Å². The van der Waals surface area contributed by atoms with Crippen molar-refractivity contribution in [3.63, 3.8) is 0 Å². The summed E-state index contributed by atoms with van der Waals surface area (Å²) in [6, 6.07) is 0. The van der Waals surface area contributed by atoms with Crippen molar-refractivity contribution in [2.45, 2.75) is 0 Å². The lowest BCUT2D eigenvalue weighted by molar-refractivity contribution is 0.505. The number of nitrogens with zero attached hydrogens (tertiary/aromatic N) is 1. The van der Waals surface area contributed by atoms with Crippen molar-refractivity contribution >= 4 is 21.9 Å². The van der Waals surface area contributed by atoms with Crippen LogP contribution in [0.5, 0.6) is 0 Å². The summed E-state index contributed by atoms with van der Waals surface area (Å²) >= 11 is 0. The summed E-state index contributed by atoms with van der Waals surface area (Å²) in [5.41, 5.74) is 0. The Bertz CT molecular complexity index is 15.5. The zero-order valence-corrected chi connectivity index (χ0v) is 4.95. The zero-order valence-electron chi connectivity index (χ0n) is 3.95. The molecule has 0 heterocycles. The highest BCUT2D eigenvalue weighted by atomic mass is 32.1. The summed E-state index contributed by atoms with van der Waals surface area (Å²) in [5.74, 6) is 0. The molecule has 0 N–H and O–H groups in total. The Morgan fingerprint density at radius 3 is 1.00 bits per heavy atom. The molecule has 0 saturated heterocycles. The second kappa shape index (κ2) is 9.03. The fourth-order valence-corrected chi connectivity index (χ4v) is 0. The van der Waals surface area contributed by atoms with Gasteiger partial charge < -0.3 is 4.90 Å². The van der Waals surface area contributed by atoms with Crippen LogP contribution in [0.25, 0.3) is 0 Å². The van der Waals surface area contributed by atoms with Gasteiger partial charge in [-0.25, -0.2) is 0 Å². The molecule has 0 aliphatic carbocycles. The first kappa shape index (κ1) is 16.2. The van der Waals surface area contributed by atoms with Gasteiger partial charge in [0.25, 0.3) is 0 Å². The van der Waals surface area contributed by atoms with E-state index in [-0.39, 0.29) is 21.9 Å². The first-order valence-electron chi connectivity index (χ1n) is 1.34. The van der Waals surface area contributed by atoms with Crippen LogP contribution in [0.3, 0.4) is 0 Å². The van der Waals surface area contributed by atoms with Gasteiger partial charge in [0.15, 0.2) is 0 Å². The fourth-order valence-electron chi connectivity index (χ4n) is 0. The minimum Gasteiger partial charge on any atom is -0.312 e. The Hall–Kier alpha value is 0.375. The molecule has 0 unspecified atom stereocenters. The summed E-state index contributed by atoms with van der Waals surface area (Å²) in [6.07, 6.45) is 0. The van der Waals surface area contributed by atoms with Gasteiger partial charge in [0.1, 0.15) is 0 Å². The maximum Gasteiger partial charge on any atom is 0.0814 e. The summed E-state index contributed by atoms with van der Waals surface area (Å²) in [6.45, 7) is 0. The maximum atomic E-state index is 2.00. The Balaban J connectivity index is -0.0000000450. The average Bonchev–Trinajstić information content (AvgIpc) is 0.811. The monoisotopic (exact) mass is 107 g/mol. The Kier molecular flexibility index (Phi) is 24.3. The van der Waals surface area contributed by atoms with E-state index < -0.39 is 0 Å². The molecular formula is C3H14BNS. The molecule has 0 fully saturated rings. The van der Waals surface area contributed by atoms with Crippen LogP contribution < -0.4 is 0 Å². The normalized spacial score (nSPS) is 6.00. The van der Waals surface area contributed by atoms with E-state index >= 15 is 0 Å². The molecule has 0 amide bonds. The molecule has 0 aromatic carbocycles. The van der Waals surface area contributed by atoms with Gasteiger partial charge in [0.05, 0.1) is 8.41 Å². The molecule has 0 aromatic heterocycles. The van der Waals surface area contributed by atoms with E-state index in [2.05, 4.69) is 0 Å². The standard InChI is InChI=1S/C3H9N.BH3.H2S/c1-4(2)3;;/h1-3H3;1H3;1H2. The molecular weight excluding hydrogens is 92.9 g/mol. The van der Waals surface area contributed by atoms with Crippen molar-refractivity contribution in [1.29, 1.82) is 0 Å². The van der Waals surface area contributed by atoms with Crippen LogP contribution >= 0.6 is 13.5 Å². The second-order valence-corrected chi connectivity index (χ2v) is 1.34. The molecule has 40 valence electrons. The summed E-state index contributed by atoms with van der Waals surface area (Å²) < 4.78 is 0. The van der Waals surface area contributed by atoms with Crippen LogP contribution in [0, 0.1) is 0 Å². The third-order valence-electron chi connectivity index (χ3n) is 0. The average molecular weight is 107 g/mol. The van der Waals surface area contributed by atoms with Gasteiger partial charge in [-0.3, -0.25) is 0 Å². The topological polar surface area (TPSA) is 3.24 Å². The Morgan fingerprint density at radius 2 is 1.00 bits per heavy atom. The molecule has 0 radical (unpaired) electrons. The van der Waals surface area contributed by atoms with E-state index in [9.17, 15) is 0 Å². The van der Waals surface area contributed by atoms with Crippen molar-refractivity contribution in [2.24, 2.45) is 0 Å². The smallest absolute Gasteiger partial charge is 0.0814 e. The van der Waals surface area contributed by atoms with Gasteiger partial charge in [-0.1, -0.05) is 0 Å². The van der Waals surface area contributed by atoms with Crippen LogP contribution in [0.1, 0.15) is 0 Å². The van der Waals surface area contributed by atoms with E-state index in [1.54, 1.807) is 0 Å². The fraction of sp³-hybridized carbons (Fsp3) is 1.00. The Morgan fingerprint density at radius 1 is 1.00 bits per heavy atom. The van der Waals surface area contributed by atoms with Crippen LogP contribution in [-0.4, -0.2) is 34.5 Å². The lowest BCUT2D eigenvalue weighted by atomic mass is 10.8. The quantitative estimate of drug-likeness (QED) is 0.363. The van der Waals surface area contributed by atoms with E-state index in [1.165, 1.54) is 0 Å². The second-order valence-electron chi connectivity index (χ2n) is 1.34. The minimum atomic E-state index is 0. The third kappa shape index (κ3) is 354. The molecule has 0 aliphatic heterocycles. The van der Waals surface area contributed by atoms with Crippen LogP contribution in [0.15, 0.2) is 0 Å². The molecule has 0 bridgehead atoms. The van der Waals surface area contributed by atoms with Gasteiger partial charge in [0, 0.05) is 0 Å². The summed E-state index contributed by atoms with van der Waals surface area (Å²) in [7, 11) is 6.00. The number of hydrogen-bond donors (Lipinski definition) is 0. The van der Waals surface area contributed by atoms with Gasteiger partial charge in [-0.05, 0) is 21.1 Å². The molecule has 0 aromatic rings. The van der Waals surface area contributed by atoms with Crippen molar-refractivity contribution in [3.05, 3.63) is 0 Å². The van der Waals surface area contributed by atoms with E-state index in [1.807, 2.05) is 26.0 Å². The van der Waals surface area contributed by atoms with Crippen molar-refractivity contribution < 1.29 is 0 Å². The minimum absolute atomic E-state index is 0. The molecule has 0 spiro atoms. The third-order valence-corrected chi connectivity index (χ3v) is 0. The molecule has 6 heavy (non-hydrogen) atoms. The maximum absolute atomic E-state index is 2.00. The predicted molar refractivity (Wildman–Crippen MR) is 39.9 cm³/mol. The lowest BCUT2D eigenvalue weighted by Crippen LogP contribution is -1.99. The Labute approximate surface area is 48.7 Å². The van der Waals surface area contributed by atoms with Crippen LogP contribution in [0.4, 0.5) is 0 Å². The molecule has 0 aliphatic rings. The molecule has 3 heteroatoms. The van der Waals surface area contributed by atoms with Gasteiger partial charge in [-0.2, -0.15) is 13.5 Å². The van der Waals surface area contributed by atoms with Gasteiger partial charge in [-0.15, -0.1) is 0 Å². The molecule has 0 saturated carbocycles. The highest BCUT2D eigenvalue weighted by Gasteiger charge is 1.58. The van der Waals surface area contributed by atoms with Crippen LogP contribution in [0.2, 0.25) is 0 Å². The summed E-state index contributed by atoms with van der Waals surface area (Å²) in [5, 5.41) is 0. The molecule has 0 atom stereocenters. The van der Waals surface area contributed by atoms with E-state index in [4.69, 9.17) is 0 Å². The van der Waals surface area contributed by atoms with Crippen LogP contribution in [-0.2, 0) is 0 Å². The SMILES string of the molecule is B.CN(C)C.S. The highest BCUT2D eigenvalue weighted by Crippen LogP contribution is 1.47. The number of rotatable bonds is 0. The first-order valence-corrected chi connectivity index (χ1v) is 1.34. The van der Waals surface area contributed by atoms with Crippen molar-refractivity contribution in [2.75, 3.05) is 21.1 Å². The van der Waals surface area contributed by atoms with E-state index in [0.29, 0.717) is 0 Å². The highest BCUT2D eigenvalue weighted by molar-refractivity contribution is 7.59. The first-order chi connectivity index (χ1) is 1.73. The largest absolute Gasteiger partial charge is 0.312 e. The molecule has 1 nitrogen and oxygen atoms in total.